The largest absolute Gasteiger partial charge is 0.393 e. The zero-order valence-electron chi connectivity index (χ0n) is 10.5. The number of rotatable bonds is 4. The highest BCUT2D eigenvalue weighted by Gasteiger charge is 2.29. The average Bonchev–Trinajstić information content (AvgIpc) is 2.39. The second-order valence-electron chi connectivity index (χ2n) is 5.03. The Morgan fingerprint density at radius 2 is 2.00 bits per heavy atom. The lowest BCUT2D eigenvalue weighted by Gasteiger charge is -2.33. The summed E-state index contributed by atoms with van der Waals surface area (Å²) in [6.07, 6.45) is 6.50. The SMILES string of the molecule is CSCCC1CC(c2ccccc2)CCC1O. The van der Waals surface area contributed by atoms with Gasteiger partial charge in [0.1, 0.15) is 0 Å². The van der Waals surface area contributed by atoms with Gasteiger partial charge in [0.15, 0.2) is 0 Å². The minimum atomic E-state index is -0.0675. The van der Waals surface area contributed by atoms with E-state index in [0.717, 1.165) is 25.7 Å². The van der Waals surface area contributed by atoms with E-state index in [1.54, 1.807) is 0 Å². The first-order valence-corrected chi connectivity index (χ1v) is 7.92. The van der Waals surface area contributed by atoms with Crippen LogP contribution in [0.4, 0.5) is 0 Å². The lowest BCUT2D eigenvalue weighted by molar-refractivity contribution is 0.0605. The summed E-state index contributed by atoms with van der Waals surface area (Å²) < 4.78 is 0. The summed E-state index contributed by atoms with van der Waals surface area (Å²) in [5, 5.41) is 10.1. The summed E-state index contributed by atoms with van der Waals surface area (Å²) in [4.78, 5) is 0. The minimum absolute atomic E-state index is 0.0675. The summed E-state index contributed by atoms with van der Waals surface area (Å²) in [7, 11) is 0. The average molecular weight is 250 g/mol. The molecule has 1 aliphatic rings. The first-order chi connectivity index (χ1) is 8.31. The number of aliphatic hydroxyl groups is 1. The Morgan fingerprint density at radius 3 is 2.71 bits per heavy atom. The summed E-state index contributed by atoms with van der Waals surface area (Å²) >= 11 is 1.88. The molecular formula is C15H22OS. The van der Waals surface area contributed by atoms with Crippen LogP contribution in [0.2, 0.25) is 0 Å². The van der Waals surface area contributed by atoms with E-state index in [-0.39, 0.29) is 6.10 Å². The highest BCUT2D eigenvalue weighted by molar-refractivity contribution is 7.98. The number of thioether (sulfide) groups is 1. The second-order valence-corrected chi connectivity index (χ2v) is 6.02. The predicted octanol–water partition coefficient (Wildman–Crippen LogP) is 3.68. The Morgan fingerprint density at radius 1 is 1.24 bits per heavy atom. The van der Waals surface area contributed by atoms with Gasteiger partial charge in [-0.05, 0) is 55.1 Å². The van der Waals surface area contributed by atoms with E-state index in [1.165, 1.54) is 11.3 Å². The van der Waals surface area contributed by atoms with Crippen LogP contribution in [0.5, 0.6) is 0 Å². The standard InChI is InChI=1S/C15H22OS/c1-17-10-9-14-11-13(7-8-15(14)16)12-5-3-2-4-6-12/h2-6,13-16H,7-11H2,1H3. The second kappa shape index (κ2) is 6.46. The van der Waals surface area contributed by atoms with Gasteiger partial charge in [-0.25, -0.2) is 0 Å². The van der Waals surface area contributed by atoms with E-state index < -0.39 is 0 Å². The quantitative estimate of drug-likeness (QED) is 0.879. The molecule has 0 saturated heterocycles. The van der Waals surface area contributed by atoms with Crippen molar-refractivity contribution < 1.29 is 5.11 Å². The van der Waals surface area contributed by atoms with Crippen molar-refractivity contribution in [2.24, 2.45) is 5.92 Å². The van der Waals surface area contributed by atoms with Crippen molar-refractivity contribution in [1.82, 2.24) is 0 Å². The minimum Gasteiger partial charge on any atom is -0.393 e. The van der Waals surface area contributed by atoms with E-state index in [2.05, 4.69) is 36.6 Å². The number of hydrogen-bond donors (Lipinski definition) is 1. The van der Waals surface area contributed by atoms with Crippen LogP contribution in [0.3, 0.4) is 0 Å². The maximum atomic E-state index is 10.1. The third-order valence-electron chi connectivity index (χ3n) is 3.91. The van der Waals surface area contributed by atoms with E-state index in [0.29, 0.717) is 11.8 Å². The smallest absolute Gasteiger partial charge is 0.0569 e. The van der Waals surface area contributed by atoms with Gasteiger partial charge < -0.3 is 5.11 Å². The highest BCUT2D eigenvalue weighted by Crippen LogP contribution is 2.38. The Kier molecular flexibility index (Phi) is 4.93. The van der Waals surface area contributed by atoms with Crippen molar-refractivity contribution in [3.63, 3.8) is 0 Å². The van der Waals surface area contributed by atoms with Crippen LogP contribution in [-0.2, 0) is 0 Å². The van der Waals surface area contributed by atoms with Gasteiger partial charge in [-0.1, -0.05) is 30.3 Å². The molecule has 1 fully saturated rings. The predicted molar refractivity (Wildman–Crippen MR) is 75.5 cm³/mol. The monoisotopic (exact) mass is 250 g/mol. The van der Waals surface area contributed by atoms with Crippen molar-refractivity contribution in [2.75, 3.05) is 12.0 Å². The summed E-state index contributed by atoms with van der Waals surface area (Å²) in [5.74, 6) is 2.33. The molecule has 0 bridgehead atoms. The molecule has 1 nitrogen and oxygen atoms in total. The van der Waals surface area contributed by atoms with E-state index in [4.69, 9.17) is 0 Å². The maximum absolute atomic E-state index is 10.1. The number of benzene rings is 1. The van der Waals surface area contributed by atoms with Crippen LogP contribution in [0.25, 0.3) is 0 Å². The summed E-state index contributed by atoms with van der Waals surface area (Å²) in [6, 6.07) is 10.8. The van der Waals surface area contributed by atoms with Crippen molar-refractivity contribution in [2.45, 2.75) is 37.7 Å². The van der Waals surface area contributed by atoms with E-state index >= 15 is 0 Å². The molecule has 0 heterocycles. The summed E-state index contributed by atoms with van der Waals surface area (Å²) in [5.41, 5.74) is 1.45. The fraction of sp³-hybridized carbons (Fsp3) is 0.600. The van der Waals surface area contributed by atoms with Gasteiger partial charge in [0.05, 0.1) is 6.10 Å². The van der Waals surface area contributed by atoms with Gasteiger partial charge in [0.25, 0.3) is 0 Å². The molecule has 1 aromatic carbocycles. The molecule has 1 aliphatic carbocycles. The Bertz CT molecular complexity index is 325. The zero-order valence-corrected chi connectivity index (χ0v) is 11.3. The molecule has 94 valence electrons. The molecule has 0 amide bonds. The molecule has 0 aliphatic heterocycles. The third kappa shape index (κ3) is 3.49. The molecule has 0 spiro atoms. The normalized spacial score (nSPS) is 29.2. The first kappa shape index (κ1) is 13.0. The van der Waals surface area contributed by atoms with Crippen molar-refractivity contribution in [3.8, 4) is 0 Å². The molecule has 3 unspecified atom stereocenters. The van der Waals surface area contributed by atoms with Crippen LogP contribution in [0.1, 0.15) is 37.2 Å². The molecule has 17 heavy (non-hydrogen) atoms. The fourth-order valence-corrected chi connectivity index (χ4v) is 3.39. The van der Waals surface area contributed by atoms with Crippen molar-refractivity contribution in [1.29, 1.82) is 0 Å². The van der Waals surface area contributed by atoms with Crippen LogP contribution in [0.15, 0.2) is 30.3 Å². The lowest BCUT2D eigenvalue weighted by atomic mass is 9.75. The van der Waals surface area contributed by atoms with Gasteiger partial charge in [0, 0.05) is 0 Å². The van der Waals surface area contributed by atoms with E-state index in [9.17, 15) is 5.11 Å². The molecule has 1 aromatic rings. The van der Waals surface area contributed by atoms with E-state index in [1.807, 2.05) is 11.8 Å². The molecular weight excluding hydrogens is 228 g/mol. The Hall–Kier alpha value is -0.470. The number of aliphatic hydroxyl groups excluding tert-OH is 1. The molecule has 2 rings (SSSR count). The van der Waals surface area contributed by atoms with Crippen LogP contribution < -0.4 is 0 Å². The maximum Gasteiger partial charge on any atom is 0.0569 e. The van der Waals surface area contributed by atoms with Gasteiger partial charge in [-0.15, -0.1) is 0 Å². The molecule has 0 radical (unpaired) electrons. The lowest BCUT2D eigenvalue weighted by Crippen LogP contribution is -2.28. The first-order valence-electron chi connectivity index (χ1n) is 6.53. The molecule has 1 N–H and O–H groups in total. The topological polar surface area (TPSA) is 20.2 Å². The third-order valence-corrected chi connectivity index (χ3v) is 4.55. The zero-order chi connectivity index (χ0) is 12.1. The van der Waals surface area contributed by atoms with Crippen molar-refractivity contribution in [3.05, 3.63) is 35.9 Å². The number of hydrogen-bond acceptors (Lipinski definition) is 2. The van der Waals surface area contributed by atoms with Gasteiger partial charge in [0.2, 0.25) is 0 Å². The van der Waals surface area contributed by atoms with Crippen molar-refractivity contribution >= 4 is 11.8 Å². The molecule has 3 atom stereocenters. The highest BCUT2D eigenvalue weighted by atomic mass is 32.2. The van der Waals surface area contributed by atoms with Crippen LogP contribution in [0, 0.1) is 5.92 Å². The Labute approximate surface area is 109 Å². The van der Waals surface area contributed by atoms with Gasteiger partial charge in [-0.2, -0.15) is 11.8 Å². The van der Waals surface area contributed by atoms with Crippen LogP contribution in [-0.4, -0.2) is 23.2 Å². The van der Waals surface area contributed by atoms with Gasteiger partial charge >= 0.3 is 0 Å². The van der Waals surface area contributed by atoms with Gasteiger partial charge in [-0.3, -0.25) is 0 Å². The summed E-state index contributed by atoms with van der Waals surface area (Å²) in [6.45, 7) is 0. The molecule has 2 heteroatoms. The molecule has 1 saturated carbocycles. The van der Waals surface area contributed by atoms with Crippen LogP contribution >= 0.6 is 11.8 Å². The fourth-order valence-electron chi connectivity index (χ4n) is 2.86. The molecule has 0 aromatic heterocycles. The Balaban J connectivity index is 1.97.